The Kier molecular flexibility index (Phi) is 6.03. The molecule has 4 saturated carbocycles. The molecule has 156 valence electrons. The molecule has 1 aliphatic heterocycles. The van der Waals surface area contributed by atoms with Crippen LogP contribution in [0.2, 0.25) is 0 Å². The highest BCUT2D eigenvalue weighted by molar-refractivity contribution is 8.04. The van der Waals surface area contributed by atoms with Gasteiger partial charge < -0.3 is 5.73 Å². The van der Waals surface area contributed by atoms with E-state index in [0.717, 1.165) is 41.4 Å². The van der Waals surface area contributed by atoms with E-state index in [9.17, 15) is 0 Å². The molecule has 2 bridgehead atoms. The quantitative estimate of drug-likeness (QED) is 0.568. The lowest BCUT2D eigenvalue weighted by atomic mass is 9.70. The van der Waals surface area contributed by atoms with Gasteiger partial charge in [0.2, 0.25) is 0 Å². The van der Waals surface area contributed by atoms with Crippen LogP contribution in [0.15, 0.2) is 27.7 Å². The third-order valence-electron chi connectivity index (χ3n) is 8.51. The Morgan fingerprint density at radius 1 is 1.18 bits per heavy atom. The van der Waals surface area contributed by atoms with E-state index in [1.54, 1.807) is 25.7 Å². The molecule has 0 aromatic heterocycles. The maximum absolute atomic E-state index is 5.87. The van der Waals surface area contributed by atoms with Gasteiger partial charge in [-0.25, -0.2) is 0 Å². The van der Waals surface area contributed by atoms with Gasteiger partial charge in [0.25, 0.3) is 0 Å². The zero-order valence-electron chi connectivity index (χ0n) is 18.3. The van der Waals surface area contributed by atoms with Crippen LogP contribution in [0.4, 0.5) is 0 Å². The molecule has 5 unspecified atom stereocenters. The molecule has 2 N–H and O–H groups in total. The van der Waals surface area contributed by atoms with Crippen LogP contribution in [-0.2, 0) is 0 Å². The molecule has 4 fully saturated rings. The second-order valence-corrected chi connectivity index (χ2v) is 11.6. The summed E-state index contributed by atoms with van der Waals surface area (Å²) in [7, 11) is 0. The molecule has 3 heteroatoms. The normalized spacial score (nSPS) is 39.2. The Hall–Kier alpha value is -0.700. The van der Waals surface area contributed by atoms with Gasteiger partial charge in [-0.05, 0) is 74.0 Å². The smallest absolute Gasteiger partial charge is 0.0675 e. The van der Waals surface area contributed by atoms with Crippen molar-refractivity contribution >= 4 is 17.5 Å². The summed E-state index contributed by atoms with van der Waals surface area (Å²) in [6, 6.07) is 0. The van der Waals surface area contributed by atoms with Crippen LogP contribution in [0, 0.1) is 29.1 Å². The van der Waals surface area contributed by atoms with E-state index in [2.05, 4.69) is 32.3 Å². The van der Waals surface area contributed by atoms with Crippen LogP contribution < -0.4 is 5.73 Å². The third kappa shape index (κ3) is 3.98. The van der Waals surface area contributed by atoms with Crippen LogP contribution in [0.1, 0.15) is 85.0 Å². The van der Waals surface area contributed by atoms with Crippen molar-refractivity contribution in [1.82, 2.24) is 0 Å². The Morgan fingerprint density at radius 3 is 2.61 bits per heavy atom. The first-order chi connectivity index (χ1) is 13.4. The van der Waals surface area contributed by atoms with Crippen molar-refractivity contribution in [3.8, 4) is 0 Å². The molecule has 1 heterocycles. The second-order valence-electron chi connectivity index (χ2n) is 10.3. The zero-order chi connectivity index (χ0) is 19.9. The second kappa shape index (κ2) is 8.20. The minimum atomic E-state index is 0.704. The highest BCUT2D eigenvalue weighted by atomic mass is 32.2. The van der Waals surface area contributed by atoms with Gasteiger partial charge in [0.1, 0.15) is 0 Å². The van der Waals surface area contributed by atoms with Crippen molar-refractivity contribution in [2.45, 2.75) is 90.2 Å². The van der Waals surface area contributed by atoms with Gasteiger partial charge in [-0.3, -0.25) is 4.99 Å². The largest absolute Gasteiger partial charge is 0.399 e. The zero-order valence-corrected chi connectivity index (χ0v) is 19.1. The van der Waals surface area contributed by atoms with Crippen molar-refractivity contribution in [2.24, 2.45) is 39.8 Å². The van der Waals surface area contributed by atoms with Crippen molar-refractivity contribution in [2.75, 3.05) is 6.54 Å². The topological polar surface area (TPSA) is 38.4 Å². The molecule has 2 nitrogen and oxygen atoms in total. The highest BCUT2D eigenvalue weighted by Gasteiger charge is 2.63. The van der Waals surface area contributed by atoms with Gasteiger partial charge in [-0.2, -0.15) is 0 Å². The van der Waals surface area contributed by atoms with Gasteiger partial charge in [-0.15, -0.1) is 11.8 Å². The fourth-order valence-electron chi connectivity index (χ4n) is 6.51. The highest BCUT2D eigenvalue weighted by Crippen LogP contribution is 2.72. The van der Waals surface area contributed by atoms with Crippen LogP contribution in [0.3, 0.4) is 0 Å². The van der Waals surface area contributed by atoms with E-state index in [1.165, 1.54) is 54.2 Å². The Balaban J connectivity index is 0.000000149. The molecular formula is C25H40N2S. The maximum Gasteiger partial charge on any atom is 0.0675 e. The van der Waals surface area contributed by atoms with Gasteiger partial charge in [-0.1, -0.05) is 46.6 Å². The lowest BCUT2D eigenvalue weighted by Crippen LogP contribution is -2.26. The predicted molar refractivity (Wildman–Crippen MR) is 124 cm³/mol. The number of allylic oxidation sites excluding steroid dienone is 1. The molecule has 0 aromatic carbocycles. The monoisotopic (exact) mass is 400 g/mol. The number of nitrogens with zero attached hydrogens (tertiary/aromatic N) is 1. The molecule has 0 saturated heterocycles. The van der Waals surface area contributed by atoms with E-state index >= 15 is 0 Å². The van der Waals surface area contributed by atoms with Gasteiger partial charge >= 0.3 is 0 Å². The van der Waals surface area contributed by atoms with Gasteiger partial charge in [0.05, 0.1) is 6.54 Å². The SMILES string of the molecule is C=C(N)C1=C(SC2CCCCC2)C(CC)=NC1.CC1CC23CC(CC2C3)C1C. The minimum absolute atomic E-state index is 0.704. The Labute approximate surface area is 176 Å². The van der Waals surface area contributed by atoms with E-state index in [-0.39, 0.29) is 0 Å². The third-order valence-corrected chi connectivity index (χ3v) is 10.0. The summed E-state index contributed by atoms with van der Waals surface area (Å²) in [5, 5.41) is 0.767. The molecule has 0 radical (unpaired) electrons. The van der Waals surface area contributed by atoms with Gasteiger partial charge in [0, 0.05) is 27.1 Å². The van der Waals surface area contributed by atoms with E-state index in [0.29, 0.717) is 5.70 Å². The average molecular weight is 401 g/mol. The first-order valence-electron chi connectivity index (χ1n) is 11.8. The number of hydrogen-bond donors (Lipinski definition) is 1. The Bertz CT molecular complexity index is 672. The number of fused-ring (bicyclic) bond motifs is 1. The lowest BCUT2D eigenvalue weighted by Gasteiger charge is -2.35. The van der Waals surface area contributed by atoms with Crippen LogP contribution in [0.25, 0.3) is 0 Å². The molecule has 0 amide bonds. The summed E-state index contributed by atoms with van der Waals surface area (Å²) in [6.45, 7) is 11.7. The molecule has 0 aromatic rings. The van der Waals surface area contributed by atoms with E-state index in [4.69, 9.17) is 5.73 Å². The van der Waals surface area contributed by atoms with Gasteiger partial charge in [0.15, 0.2) is 0 Å². The molecule has 5 aliphatic rings. The number of hydrogen-bond acceptors (Lipinski definition) is 3. The fourth-order valence-corrected chi connectivity index (χ4v) is 8.10. The molecule has 1 spiro atoms. The lowest BCUT2D eigenvalue weighted by molar-refractivity contribution is 0.150. The van der Waals surface area contributed by atoms with E-state index in [1.807, 2.05) is 11.8 Å². The predicted octanol–water partition coefficient (Wildman–Crippen LogP) is 6.72. The van der Waals surface area contributed by atoms with Crippen LogP contribution in [-0.4, -0.2) is 17.5 Å². The number of thioether (sulfide) groups is 1. The first-order valence-corrected chi connectivity index (χ1v) is 12.7. The van der Waals surface area contributed by atoms with Crippen molar-refractivity contribution in [3.63, 3.8) is 0 Å². The van der Waals surface area contributed by atoms with E-state index < -0.39 is 0 Å². The number of aliphatic imine (C=N–C) groups is 1. The van der Waals surface area contributed by atoms with Crippen molar-refractivity contribution < 1.29 is 0 Å². The first kappa shape index (κ1) is 20.6. The standard InChI is InChI=1S/C14H22N2S.C11H18/c1-3-13-14(12(9-16-13)10(2)15)17-11-7-5-4-6-8-11;1-7-4-11-5-9(8(7)2)3-10(11)6-11/h11H,2-9,15H2,1H3;7-10H,3-6H2,1-2H3. The summed E-state index contributed by atoms with van der Waals surface area (Å²) >= 11 is 2.01. The molecule has 4 aliphatic carbocycles. The molecule has 28 heavy (non-hydrogen) atoms. The summed E-state index contributed by atoms with van der Waals surface area (Å²) < 4.78 is 0. The fraction of sp³-hybridized carbons (Fsp3) is 0.800. The maximum atomic E-state index is 5.87. The minimum Gasteiger partial charge on any atom is -0.399 e. The summed E-state index contributed by atoms with van der Waals surface area (Å²) in [4.78, 5) is 5.92. The van der Waals surface area contributed by atoms with Crippen LogP contribution >= 0.6 is 11.8 Å². The van der Waals surface area contributed by atoms with Crippen molar-refractivity contribution in [3.05, 3.63) is 22.8 Å². The summed E-state index contributed by atoms with van der Waals surface area (Å²) in [5.41, 5.74) is 9.90. The molecular weight excluding hydrogens is 360 g/mol. The molecule has 5 rings (SSSR count). The van der Waals surface area contributed by atoms with Crippen molar-refractivity contribution in [1.29, 1.82) is 0 Å². The summed E-state index contributed by atoms with van der Waals surface area (Å²) in [5.74, 6) is 4.37. The summed E-state index contributed by atoms with van der Waals surface area (Å²) in [6.07, 6.45) is 14.2. The number of nitrogens with two attached hydrogens (primary N) is 1. The average Bonchev–Trinajstić information content (AvgIpc) is 3.03. The molecule has 5 atom stereocenters. The number of rotatable bonds is 4. The Morgan fingerprint density at radius 2 is 1.93 bits per heavy atom. The van der Waals surface area contributed by atoms with Crippen LogP contribution in [0.5, 0.6) is 0 Å².